The first-order valence-corrected chi connectivity index (χ1v) is 8.66. The summed E-state index contributed by atoms with van der Waals surface area (Å²) in [5.41, 5.74) is 12.5. The van der Waals surface area contributed by atoms with Crippen molar-refractivity contribution in [2.45, 2.75) is 25.8 Å². The van der Waals surface area contributed by atoms with Crippen molar-refractivity contribution >= 4 is 6.08 Å². The molecule has 0 saturated heterocycles. The Morgan fingerprint density at radius 1 is 1.16 bits per heavy atom. The first-order valence-electron chi connectivity index (χ1n) is 8.66. The van der Waals surface area contributed by atoms with Crippen LogP contribution in [-0.4, -0.2) is 25.9 Å². The topological polar surface area (TPSA) is 61.7 Å². The van der Waals surface area contributed by atoms with Gasteiger partial charge in [0.1, 0.15) is 0 Å². The maximum absolute atomic E-state index is 5.64. The Labute approximate surface area is 147 Å². The lowest BCUT2D eigenvalue weighted by Crippen LogP contribution is -2.10. The number of nitrogens with zero attached hydrogens (tertiary/aromatic N) is 4. The van der Waals surface area contributed by atoms with Crippen molar-refractivity contribution in [2.24, 2.45) is 12.8 Å². The Morgan fingerprint density at radius 2 is 2.00 bits per heavy atom. The predicted octanol–water partition coefficient (Wildman–Crippen LogP) is 3.60. The van der Waals surface area contributed by atoms with Gasteiger partial charge in [0.15, 0.2) is 0 Å². The second-order valence-corrected chi connectivity index (χ2v) is 6.79. The van der Waals surface area contributed by atoms with Crippen LogP contribution >= 0.6 is 0 Å². The van der Waals surface area contributed by atoms with Gasteiger partial charge in [0, 0.05) is 60.8 Å². The Morgan fingerprint density at radius 3 is 2.64 bits per heavy atom. The second-order valence-electron chi connectivity index (χ2n) is 6.79. The lowest BCUT2D eigenvalue weighted by Gasteiger charge is -2.22. The average molecular weight is 333 g/mol. The van der Waals surface area contributed by atoms with Crippen molar-refractivity contribution in [1.29, 1.82) is 0 Å². The van der Waals surface area contributed by atoms with Crippen LogP contribution in [-0.2, 0) is 7.05 Å². The molecule has 2 unspecified atom stereocenters. The van der Waals surface area contributed by atoms with Crippen LogP contribution in [0.5, 0.6) is 0 Å². The smallest absolute Gasteiger partial charge is 0.0720 e. The normalized spacial score (nSPS) is 19.2. The highest BCUT2D eigenvalue weighted by atomic mass is 15.2. The SMILES string of the molecule is CC1c2cc(-c3cc(-c4cnn(C)c4)cnc3/C=C\CN)n(c2)C1C. The number of aromatic nitrogens is 4. The monoisotopic (exact) mass is 333 g/mol. The molecule has 4 rings (SSSR count). The standard InChI is InChI=1S/C20H23N5/c1-13-14(2)25-12-16(13)8-20(25)18-7-15(17-10-23-24(3)11-17)9-22-19(18)5-4-6-21/h4-5,7-14H,6,21H2,1-3H3/b5-4-. The summed E-state index contributed by atoms with van der Waals surface area (Å²) in [6.07, 6.45) is 12.0. The quantitative estimate of drug-likeness (QED) is 0.793. The summed E-state index contributed by atoms with van der Waals surface area (Å²) in [6.45, 7) is 5.06. The van der Waals surface area contributed by atoms with Crippen molar-refractivity contribution in [2.75, 3.05) is 6.54 Å². The third-order valence-corrected chi connectivity index (χ3v) is 5.20. The van der Waals surface area contributed by atoms with Crippen molar-refractivity contribution in [1.82, 2.24) is 19.3 Å². The van der Waals surface area contributed by atoms with E-state index >= 15 is 0 Å². The van der Waals surface area contributed by atoms with E-state index in [0.717, 1.165) is 22.4 Å². The van der Waals surface area contributed by atoms with Gasteiger partial charge in [-0.15, -0.1) is 0 Å². The molecule has 2 atom stereocenters. The number of pyridine rings is 1. The van der Waals surface area contributed by atoms with E-state index in [1.54, 1.807) is 0 Å². The molecule has 3 aromatic rings. The predicted molar refractivity (Wildman–Crippen MR) is 101 cm³/mol. The molecule has 1 aliphatic rings. The third-order valence-electron chi connectivity index (χ3n) is 5.20. The average Bonchev–Trinajstić information content (AvgIpc) is 3.30. The van der Waals surface area contributed by atoms with Gasteiger partial charge in [-0.25, -0.2) is 0 Å². The number of fused-ring (bicyclic) bond motifs is 2. The van der Waals surface area contributed by atoms with Crippen molar-refractivity contribution < 1.29 is 0 Å². The van der Waals surface area contributed by atoms with Gasteiger partial charge in [-0.3, -0.25) is 9.67 Å². The van der Waals surface area contributed by atoms with Crippen LogP contribution in [0.4, 0.5) is 0 Å². The number of aryl methyl sites for hydroxylation is 1. The van der Waals surface area contributed by atoms with Gasteiger partial charge >= 0.3 is 0 Å². The largest absolute Gasteiger partial charge is 0.344 e. The molecule has 0 aliphatic carbocycles. The Bertz CT molecular complexity index is 947. The lowest BCUT2D eigenvalue weighted by atomic mass is 9.94. The fraction of sp³-hybridized carbons (Fsp3) is 0.300. The molecular weight excluding hydrogens is 310 g/mol. The molecule has 2 N–H and O–H groups in total. The van der Waals surface area contributed by atoms with Crippen LogP contribution in [0.2, 0.25) is 0 Å². The van der Waals surface area contributed by atoms with Gasteiger partial charge in [0.05, 0.1) is 17.6 Å². The summed E-state index contributed by atoms with van der Waals surface area (Å²) in [6, 6.07) is 4.97. The summed E-state index contributed by atoms with van der Waals surface area (Å²) >= 11 is 0. The zero-order valence-electron chi connectivity index (χ0n) is 14.8. The number of hydrogen-bond acceptors (Lipinski definition) is 3. The maximum Gasteiger partial charge on any atom is 0.0720 e. The van der Waals surface area contributed by atoms with Crippen LogP contribution in [0.15, 0.2) is 43.0 Å². The minimum absolute atomic E-state index is 0.475. The van der Waals surface area contributed by atoms with Gasteiger partial charge in [0.2, 0.25) is 0 Å². The molecule has 0 aromatic carbocycles. The van der Waals surface area contributed by atoms with Crippen LogP contribution in [0.25, 0.3) is 28.5 Å². The van der Waals surface area contributed by atoms with Crippen molar-refractivity contribution in [3.8, 4) is 22.4 Å². The Hall–Kier alpha value is -2.66. The lowest BCUT2D eigenvalue weighted by molar-refractivity contribution is 0.503. The molecule has 4 heterocycles. The van der Waals surface area contributed by atoms with Crippen molar-refractivity contribution in [3.63, 3.8) is 0 Å². The molecule has 5 heteroatoms. The fourth-order valence-corrected chi connectivity index (χ4v) is 3.54. The third kappa shape index (κ3) is 2.61. The van der Waals surface area contributed by atoms with E-state index in [0.29, 0.717) is 18.5 Å². The van der Waals surface area contributed by atoms with Crippen LogP contribution < -0.4 is 5.73 Å². The number of nitrogens with two attached hydrogens (primary N) is 1. The van der Waals surface area contributed by atoms with Gasteiger partial charge in [-0.05, 0) is 30.7 Å². The highest BCUT2D eigenvalue weighted by Crippen LogP contribution is 2.43. The zero-order valence-corrected chi connectivity index (χ0v) is 14.8. The highest BCUT2D eigenvalue weighted by Gasteiger charge is 2.28. The molecule has 0 fully saturated rings. The first kappa shape index (κ1) is 15.8. The molecule has 2 bridgehead atoms. The second kappa shape index (κ2) is 6.01. The van der Waals surface area contributed by atoms with Crippen LogP contribution in [0.3, 0.4) is 0 Å². The highest BCUT2D eigenvalue weighted by molar-refractivity contribution is 5.77. The van der Waals surface area contributed by atoms with E-state index in [2.05, 4.69) is 41.8 Å². The van der Waals surface area contributed by atoms with Gasteiger partial charge in [-0.2, -0.15) is 5.10 Å². The van der Waals surface area contributed by atoms with Crippen LogP contribution in [0, 0.1) is 0 Å². The van der Waals surface area contributed by atoms with Gasteiger partial charge in [-0.1, -0.05) is 13.0 Å². The van der Waals surface area contributed by atoms with E-state index < -0.39 is 0 Å². The first-order chi connectivity index (χ1) is 12.1. The molecule has 0 saturated carbocycles. The minimum Gasteiger partial charge on any atom is -0.344 e. The summed E-state index contributed by atoms with van der Waals surface area (Å²) in [5, 5.41) is 4.28. The molecule has 3 aromatic heterocycles. The maximum atomic E-state index is 5.64. The number of rotatable bonds is 4. The molecule has 0 amide bonds. The van der Waals surface area contributed by atoms with Gasteiger partial charge in [0.25, 0.3) is 0 Å². The Balaban J connectivity index is 1.86. The van der Waals surface area contributed by atoms with E-state index in [4.69, 9.17) is 10.7 Å². The zero-order chi connectivity index (χ0) is 17.6. The van der Waals surface area contributed by atoms with Crippen molar-refractivity contribution in [3.05, 3.63) is 54.3 Å². The molecule has 0 radical (unpaired) electrons. The molecule has 0 spiro atoms. The molecule has 1 aliphatic heterocycles. The van der Waals surface area contributed by atoms with E-state index in [-0.39, 0.29) is 0 Å². The summed E-state index contributed by atoms with van der Waals surface area (Å²) < 4.78 is 4.18. The molecule has 25 heavy (non-hydrogen) atoms. The fourth-order valence-electron chi connectivity index (χ4n) is 3.54. The molecular formula is C20H23N5. The summed E-state index contributed by atoms with van der Waals surface area (Å²) in [7, 11) is 1.93. The van der Waals surface area contributed by atoms with Gasteiger partial charge < -0.3 is 10.3 Å². The minimum atomic E-state index is 0.475. The summed E-state index contributed by atoms with van der Waals surface area (Å²) in [5.74, 6) is 0.571. The summed E-state index contributed by atoms with van der Waals surface area (Å²) in [4.78, 5) is 4.70. The number of hydrogen-bond donors (Lipinski definition) is 1. The van der Waals surface area contributed by atoms with E-state index in [1.165, 1.54) is 11.3 Å². The van der Waals surface area contributed by atoms with E-state index in [1.807, 2.05) is 42.5 Å². The Kier molecular flexibility index (Phi) is 3.81. The van der Waals surface area contributed by atoms with E-state index in [9.17, 15) is 0 Å². The molecule has 5 nitrogen and oxygen atoms in total. The van der Waals surface area contributed by atoms with Crippen LogP contribution in [0.1, 0.15) is 37.1 Å². The molecule has 128 valence electrons.